The number of alkyl halides is 2. The Kier molecular flexibility index (Phi) is 5.84. The summed E-state index contributed by atoms with van der Waals surface area (Å²) in [7, 11) is 0. The second-order valence-electron chi connectivity index (χ2n) is 4.29. The molecule has 1 amide bonds. The minimum Gasteiger partial charge on any atom is -0.435 e. The Bertz CT molecular complexity index is 728. The zero-order valence-electron chi connectivity index (χ0n) is 11.6. The predicted molar refractivity (Wildman–Crippen MR) is 88.2 cm³/mol. The third-order valence-electron chi connectivity index (χ3n) is 2.66. The van der Waals surface area contributed by atoms with Gasteiger partial charge in [0.15, 0.2) is 5.11 Å². The number of hydrogen-bond donors (Lipinski definition) is 2. The number of halogens is 3. The van der Waals surface area contributed by atoms with E-state index in [1.165, 1.54) is 18.2 Å². The molecule has 0 aliphatic heterocycles. The maximum Gasteiger partial charge on any atom is 0.387 e. The molecule has 2 aromatic rings. The fourth-order valence-corrected chi connectivity index (χ4v) is 2.16. The molecule has 2 rings (SSSR count). The standard InChI is InChI=1S/C15H11ClF2N2O2S/c16-12-7-2-1-6-11(12)13(21)20-15(23)19-9-4-3-5-10(8-9)22-14(17)18/h1-8,14H,(H2,19,20,21,23). The highest BCUT2D eigenvalue weighted by molar-refractivity contribution is 7.80. The van der Waals surface area contributed by atoms with Crippen LogP contribution in [0.1, 0.15) is 10.4 Å². The van der Waals surface area contributed by atoms with Gasteiger partial charge in [0.25, 0.3) is 5.91 Å². The molecule has 0 saturated heterocycles. The van der Waals surface area contributed by atoms with Crippen molar-refractivity contribution in [2.45, 2.75) is 6.61 Å². The molecule has 0 bridgehead atoms. The minimum absolute atomic E-state index is 0.00381. The summed E-state index contributed by atoms with van der Waals surface area (Å²) in [5.74, 6) is -0.502. The Morgan fingerprint density at radius 3 is 2.61 bits per heavy atom. The quantitative estimate of drug-likeness (QED) is 0.811. The molecule has 120 valence electrons. The first kappa shape index (κ1) is 17.1. The molecule has 2 aromatic carbocycles. The monoisotopic (exact) mass is 356 g/mol. The lowest BCUT2D eigenvalue weighted by atomic mass is 10.2. The maximum absolute atomic E-state index is 12.2. The Morgan fingerprint density at radius 2 is 1.91 bits per heavy atom. The van der Waals surface area contributed by atoms with Gasteiger partial charge in [0.1, 0.15) is 5.75 Å². The van der Waals surface area contributed by atoms with Gasteiger partial charge in [-0.3, -0.25) is 10.1 Å². The molecule has 2 N–H and O–H groups in total. The van der Waals surface area contributed by atoms with Gasteiger partial charge >= 0.3 is 6.61 Å². The van der Waals surface area contributed by atoms with Crippen molar-refractivity contribution < 1.29 is 18.3 Å². The topological polar surface area (TPSA) is 50.4 Å². The van der Waals surface area contributed by atoms with E-state index in [9.17, 15) is 13.6 Å². The SMILES string of the molecule is O=C(NC(=S)Nc1cccc(OC(F)F)c1)c1ccccc1Cl. The highest BCUT2D eigenvalue weighted by Gasteiger charge is 2.11. The molecule has 0 aliphatic rings. The number of benzene rings is 2. The lowest BCUT2D eigenvalue weighted by Gasteiger charge is -2.11. The Morgan fingerprint density at radius 1 is 1.17 bits per heavy atom. The van der Waals surface area contributed by atoms with Crippen LogP contribution in [0.3, 0.4) is 0 Å². The van der Waals surface area contributed by atoms with Gasteiger partial charge in [-0.25, -0.2) is 0 Å². The van der Waals surface area contributed by atoms with Gasteiger partial charge in [0, 0.05) is 11.8 Å². The van der Waals surface area contributed by atoms with Crippen molar-refractivity contribution in [2.75, 3.05) is 5.32 Å². The minimum atomic E-state index is -2.92. The van der Waals surface area contributed by atoms with Crippen LogP contribution in [0.2, 0.25) is 5.02 Å². The molecular formula is C15H11ClF2N2O2S. The summed E-state index contributed by atoms with van der Waals surface area (Å²) in [6.45, 7) is -2.92. The first-order chi connectivity index (χ1) is 11.0. The van der Waals surface area contributed by atoms with E-state index in [1.54, 1.807) is 30.3 Å². The third-order valence-corrected chi connectivity index (χ3v) is 3.20. The summed E-state index contributed by atoms with van der Waals surface area (Å²) >= 11 is 10.9. The number of carbonyl (C=O) groups is 1. The van der Waals surface area contributed by atoms with Gasteiger partial charge in [-0.1, -0.05) is 29.8 Å². The highest BCUT2D eigenvalue weighted by Crippen LogP contribution is 2.19. The molecule has 4 nitrogen and oxygen atoms in total. The second-order valence-corrected chi connectivity index (χ2v) is 5.11. The Balaban J connectivity index is 2.00. The number of hydrogen-bond acceptors (Lipinski definition) is 3. The summed E-state index contributed by atoms with van der Waals surface area (Å²) in [5.41, 5.74) is 0.667. The summed E-state index contributed by atoms with van der Waals surface area (Å²) in [6.07, 6.45) is 0. The first-order valence-electron chi connectivity index (χ1n) is 6.37. The van der Waals surface area contributed by atoms with Gasteiger partial charge in [0.2, 0.25) is 0 Å². The van der Waals surface area contributed by atoms with Crippen LogP contribution in [0.4, 0.5) is 14.5 Å². The van der Waals surface area contributed by atoms with Crippen LogP contribution in [0.5, 0.6) is 5.75 Å². The summed E-state index contributed by atoms with van der Waals surface area (Å²) in [4.78, 5) is 12.0. The van der Waals surface area contributed by atoms with Crippen molar-refractivity contribution in [2.24, 2.45) is 0 Å². The number of ether oxygens (including phenoxy) is 1. The van der Waals surface area contributed by atoms with Crippen molar-refractivity contribution in [1.29, 1.82) is 0 Å². The molecular weight excluding hydrogens is 346 g/mol. The average molecular weight is 357 g/mol. The summed E-state index contributed by atoms with van der Waals surface area (Å²) in [5, 5.41) is 5.46. The molecule has 8 heteroatoms. The van der Waals surface area contributed by atoms with E-state index in [1.807, 2.05) is 0 Å². The number of carbonyl (C=O) groups excluding carboxylic acids is 1. The normalized spacial score (nSPS) is 10.3. The van der Waals surface area contributed by atoms with E-state index in [0.29, 0.717) is 10.7 Å². The van der Waals surface area contributed by atoms with Crippen LogP contribution in [-0.4, -0.2) is 17.6 Å². The van der Waals surface area contributed by atoms with Crippen molar-refractivity contribution in [3.63, 3.8) is 0 Å². The van der Waals surface area contributed by atoms with Gasteiger partial charge in [0.05, 0.1) is 10.6 Å². The number of nitrogens with one attached hydrogen (secondary N) is 2. The van der Waals surface area contributed by atoms with E-state index >= 15 is 0 Å². The largest absolute Gasteiger partial charge is 0.435 e. The number of amides is 1. The van der Waals surface area contributed by atoms with E-state index in [2.05, 4.69) is 15.4 Å². The van der Waals surface area contributed by atoms with Crippen molar-refractivity contribution in [3.05, 3.63) is 59.1 Å². The predicted octanol–water partition coefficient (Wildman–Crippen LogP) is 4.07. The third kappa shape index (κ3) is 5.15. The lowest BCUT2D eigenvalue weighted by molar-refractivity contribution is -0.0498. The zero-order chi connectivity index (χ0) is 16.8. The smallest absolute Gasteiger partial charge is 0.387 e. The first-order valence-corrected chi connectivity index (χ1v) is 7.16. The fourth-order valence-electron chi connectivity index (χ4n) is 1.73. The van der Waals surface area contributed by atoms with Crippen LogP contribution in [0.15, 0.2) is 48.5 Å². The lowest BCUT2D eigenvalue weighted by Crippen LogP contribution is -2.34. The van der Waals surface area contributed by atoms with Crippen molar-refractivity contribution in [1.82, 2.24) is 5.32 Å². The van der Waals surface area contributed by atoms with Gasteiger partial charge < -0.3 is 10.1 Å². The molecule has 0 saturated carbocycles. The molecule has 0 aliphatic carbocycles. The van der Waals surface area contributed by atoms with Crippen LogP contribution in [0, 0.1) is 0 Å². The highest BCUT2D eigenvalue weighted by atomic mass is 35.5. The molecule has 0 fully saturated rings. The van der Waals surface area contributed by atoms with Crippen molar-refractivity contribution in [3.8, 4) is 5.75 Å². The van der Waals surface area contributed by atoms with E-state index in [-0.39, 0.29) is 16.4 Å². The van der Waals surface area contributed by atoms with Crippen LogP contribution < -0.4 is 15.4 Å². The zero-order valence-corrected chi connectivity index (χ0v) is 13.1. The molecule has 0 aromatic heterocycles. The number of rotatable bonds is 4. The van der Waals surface area contributed by atoms with Gasteiger partial charge in [-0.05, 0) is 36.5 Å². The molecule has 0 radical (unpaired) electrons. The average Bonchev–Trinajstić information content (AvgIpc) is 2.47. The number of thiocarbonyl (C=S) groups is 1. The molecule has 23 heavy (non-hydrogen) atoms. The van der Waals surface area contributed by atoms with Crippen molar-refractivity contribution >= 4 is 40.5 Å². The molecule has 0 atom stereocenters. The molecule has 0 heterocycles. The van der Waals surface area contributed by atoms with Gasteiger partial charge in [-0.2, -0.15) is 8.78 Å². The van der Waals surface area contributed by atoms with Crippen LogP contribution >= 0.6 is 23.8 Å². The van der Waals surface area contributed by atoms with E-state index in [0.717, 1.165) is 0 Å². The summed E-state index contributed by atoms with van der Waals surface area (Å²) in [6, 6.07) is 12.3. The number of anilines is 1. The fraction of sp³-hybridized carbons (Fsp3) is 0.0667. The summed E-state index contributed by atoms with van der Waals surface area (Å²) < 4.78 is 28.6. The van der Waals surface area contributed by atoms with Gasteiger partial charge in [-0.15, -0.1) is 0 Å². The van der Waals surface area contributed by atoms with Crippen LogP contribution in [0.25, 0.3) is 0 Å². The van der Waals surface area contributed by atoms with Crippen LogP contribution in [-0.2, 0) is 0 Å². The Labute approximate surface area is 141 Å². The Hall–Kier alpha value is -2.25. The molecule has 0 spiro atoms. The second kappa shape index (κ2) is 7.85. The van der Waals surface area contributed by atoms with E-state index in [4.69, 9.17) is 23.8 Å². The van der Waals surface area contributed by atoms with E-state index < -0.39 is 12.5 Å². The molecule has 0 unspecified atom stereocenters. The maximum atomic E-state index is 12.2.